The molecular formula is C17H16N4O2S. The Bertz CT molecular complexity index is 862. The molecular weight excluding hydrogens is 324 g/mol. The Morgan fingerprint density at radius 2 is 2.17 bits per heavy atom. The maximum Gasteiger partial charge on any atom is 0.275 e. The van der Waals surface area contributed by atoms with E-state index in [4.69, 9.17) is 4.74 Å². The van der Waals surface area contributed by atoms with Crippen LogP contribution in [0.25, 0.3) is 11.3 Å². The van der Waals surface area contributed by atoms with Crippen LogP contribution in [0.3, 0.4) is 0 Å². The van der Waals surface area contributed by atoms with E-state index < -0.39 is 0 Å². The van der Waals surface area contributed by atoms with Crippen molar-refractivity contribution in [1.82, 2.24) is 14.8 Å². The lowest BCUT2D eigenvalue weighted by Gasteiger charge is -2.08. The third-order valence-electron chi connectivity index (χ3n) is 3.90. The van der Waals surface area contributed by atoms with Gasteiger partial charge in [-0.25, -0.2) is 4.98 Å². The van der Waals surface area contributed by atoms with Gasteiger partial charge in [-0.15, -0.1) is 0 Å². The van der Waals surface area contributed by atoms with Crippen LogP contribution in [0.15, 0.2) is 36.4 Å². The molecule has 0 aliphatic carbocycles. The molecule has 0 radical (unpaired) electrons. The number of nitrogens with one attached hydrogen (secondary N) is 1. The normalized spacial score (nSPS) is 13.5. The lowest BCUT2D eigenvalue weighted by molar-refractivity contribution is 0.101. The predicted octanol–water partition coefficient (Wildman–Crippen LogP) is 2.87. The highest BCUT2D eigenvalue weighted by Gasteiger charge is 2.19. The summed E-state index contributed by atoms with van der Waals surface area (Å²) in [6.45, 7) is 1.26. The van der Waals surface area contributed by atoms with E-state index in [0.29, 0.717) is 24.0 Å². The van der Waals surface area contributed by atoms with Crippen molar-refractivity contribution >= 4 is 22.4 Å². The van der Waals surface area contributed by atoms with Crippen LogP contribution < -0.4 is 5.32 Å². The van der Waals surface area contributed by atoms with Crippen LogP contribution in [-0.2, 0) is 24.8 Å². The third-order valence-corrected chi connectivity index (χ3v) is 4.88. The van der Waals surface area contributed by atoms with E-state index in [1.165, 1.54) is 11.3 Å². The average molecular weight is 340 g/mol. The first kappa shape index (κ1) is 15.0. The number of amides is 1. The van der Waals surface area contributed by atoms with Crippen molar-refractivity contribution in [2.75, 3.05) is 11.9 Å². The predicted molar refractivity (Wildman–Crippen MR) is 92.1 cm³/mol. The quantitative estimate of drug-likeness (QED) is 0.796. The van der Waals surface area contributed by atoms with Crippen LogP contribution in [-0.4, -0.2) is 27.3 Å². The van der Waals surface area contributed by atoms with Gasteiger partial charge in [0.05, 0.1) is 29.5 Å². The molecule has 0 saturated carbocycles. The smallest absolute Gasteiger partial charge is 0.275 e. The van der Waals surface area contributed by atoms with Gasteiger partial charge < -0.3 is 4.74 Å². The minimum absolute atomic E-state index is 0.209. The molecule has 1 N–H and O–H groups in total. The Labute approximate surface area is 143 Å². The van der Waals surface area contributed by atoms with E-state index in [1.807, 2.05) is 30.3 Å². The van der Waals surface area contributed by atoms with Crippen LogP contribution >= 0.6 is 11.3 Å². The van der Waals surface area contributed by atoms with Gasteiger partial charge in [-0.3, -0.25) is 14.8 Å². The number of ether oxygens (including phenoxy) is 1. The zero-order valence-corrected chi connectivity index (χ0v) is 14.0. The molecule has 0 bridgehead atoms. The number of benzene rings is 1. The Morgan fingerprint density at radius 3 is 2.96 bits per heavy atom. The number of thiazole rings is 1. The second kappa shape index (κ2) is 6.18. The van der Waals surface area contributed by atoms with Crippen molar-refractivity contribution in [2.45, 2.75) is 13.0 Å². The van der Waals surface area contributed by atoms with Crippen LogP contribution in [0, 0.1) is 0 Å². The highest BCUT2D eigenvalue weighted by Crippen LogP contribution is 2.27. The topological polar surface area (TPSA) is 69.0 Å². The van der Waals surface area contributed by atoms with Gasteiger partial charge in [0.25, 0.3) is 5.91 Å². The number of nitrogens with zero attached hydrogens (tertiary/aromatic N) is 3. The maximum absolute atomic E-state index is 12.6. The lowest BCUT2D eigenvalue weighted by Crippen LogP contribution is -2.16. The molecule has 3 aromatic rings. The van der Waals surface area contributed by atoms with Gasteiger partial charge >= 0.3 is 0 Å². The number of aryl methyl sites for hydroxylation is 1. The molecule has 3 heterocycles. The summed E-state index contributed by atoms with van der Waals surface area (Å²) >= 11 is 1.47. The van der Waals surface area contributed by atoms with Crippen LogP contribution in [0.5, 0.6) is 0 Å². The summed E-state index contributed by atoms with van der Waals surface area (Å²) in [5.41, 5.74) is 3.28. The highest BCUT2D eigenvalue weighted by molar-refractivity contribution is 7.15. The summed E-state index contributed by atoms with van der Waals surface area (Å²) in [7, 11) is 1.77. The SMILES string of the molecule is Cn1nc(-c2ccccc2)cc1C(=O)Nc1nc2c(s1)COCC2. The van der Waals surface area contributed by atoms with Gasteiger partial charge in [0, 0.05) is 19.0 Å². The molecule has 1 aliphatic heterocycles. The van der Waals surface area contributed by atoms with Crippen molar-refractivity contribution in [3.8, 4) is 11.3 Å². The summed E-state index contributed by atoms with van der Waals surface area (Å²) in [4.78, 5) is 18.1. The van der Waals surface area contributed by atoms with Gasteiger partial charge in [-0.05, 0) is 6.07 Å². The summed E-state index contributed by atoms with van der Waals surface area (Å²) < 4.78 is 7.01. The molecule has 4 rings (SSSR count). The van der Waals surface area contributed by atoms with E-state index in [-0.39, 0.29) is 5.91 Å². The fraction of sp³-hybridized carbons (Fsp3) is 0.235. The summed E-state index contributed by atoms with van der Waals surface area (Å²) in [6, 6.07) is 11.6. The first-order chi connectivity index (χ1) is 11.7. The number of carbonyl (C=O) groups excluding carboxylic acids is 1. The fourth-order valence-corrected chi connectivity index (χ4v) is 3.61. The monoisotopic (exact) mass is 340 g/mol. The molecule has 1 aromatic carbocycles. The lowest BCUT2D eigenvalue weighted by atomic mass is 10.1. The molecule has 1 amide bonds. The number of rotatable bonds is 3. The van der Waals surface area contributed by atoms with Crippen molar-refractivity contribution in [2.24, 2.45) is 7.05 Å². The molecule has 0 saturated heterocycles. The van der Waals surface area contributed by atoms with E-state index in [9.17, 15) is 4.79 Å². The number of fused-ring (bicyclic) bond motifs is 1. The Balaban J connectivity index is 1.56. The fourth-order valence-electron chi connectivity index (χ4n) is 2.67. The Morgan fingerprint density at radius 1 is 1.33 bits per heavy atom. The number of hydrogen-bond donors (Lipinski definition) is 1. The second-order valence-corrected chi connectivity index (χ2v) is 6.63. The van der Waals surface area contributed by atoms with Crippen molar-refractivity contribution in [3.05, 3.63) is 52.7 Å². The van der Waals surface area contributed by atoms with E-state index in [1.54, 1.807) is 17.8 Å². The highest BCUT2D eigenvalue weighted by atomic mass is 32.1. The number of aromatic nitrogens is 3. The molecule has 6 nitrogen and oxygen atoms in total. The Hall–Kier alpha value is -2.51. The van der Waals surface area contributed by atoms with Gasteiger partial charge in [0.15, 0.2) is 5.13 Å². The molecule has 0 spiro atoms. The first-order valence-electron chi connectivity index (χ1n) is 7.68. The van der Waals surface area contributed by atoms with Gasteiger partial charge in [-0.1, -0.05) is 41.7 Å². The minimum atomic E-state index is -0.209. The minimum Gasteiger partial charge on any atom is -0.375 e. The maximum atomic E-state index is 12.6. The molecule has 0 atom stereocenters. The molecule has 1 aliphatic rings. The molecule has 0 unspecified atom stereocenters. The summed E-state index contributed by atoms with van der Waals surface area (Å²) in [5.74, 6) is -0.209. The third kappa shape index (κ3) is 2.83. The molecule has 122 valence electrons. The summed E-state index contributed by atoms with van der Waals surface area (Å²) in [6.07, 6.45) is 0.797. The molecule has 24 heavy (non-hydrogen) atoms. The molecule has 7 heteroatoms. The van der Waals surface area contributed by atoms with Crippen molar-refractivity contribution in [3.63, 3.8) is 0 Å². The zero-order valence-electron chi connectivity index (χ0n) is 13.2. The van der Waals surface area contributed by atoms with Gasteiger partial charge in [-0.2, -0.15) is 5.10 Å². The summed E-state index contributed by atoms with van der Waals surface area (Å²) in [5, 5.41) is 7.91. The van der Waals surface area contributed by atoms with Crippen molar-refractivity contribution < 1.29 is 9.53 Å². The van der Waals surface area contributed by atoms with E-state index in [2.05, 4.69) is 15.4 Å². The van der Waals surface area contributed by atoms with Crippen LogP contribution in [0.1, 0.15) is 21.1 Å². The molecule has 0 fully saturated rings. The first-order valence-corrected chi connectivity index (χ1v) is 8.49. The molecule has 2 aromatic heterocycles. The van der Waals surface area contributed by atoms with Crippen LogP contribution in [0.4, 0.5) is 5.13 Å². The van der Waals surface area contributed by atoms with Crippen molar-refractivity contribution in [1.29, 1.82) is 0 Å². The number of carbonyl (C=O) groups is 1. The standard InChI is InChI=1S/C17H16N4O2S/c1-21-14(9-13(20-21)11-5-3-2-4-6-11)16(22)19-17-18-12-7-8-23-10-15(12)24-17/h2-6,9H,7-8,10H2,1H3,(H,18,19,22). The second-order valence-electron chi connectivity index (χ2n) is 5.55. The van der Waals surface area contributed by atoms with E-state index >= 15 is 0 Å². The van der Waals surface area contributed by atoms with Gasteiger partial charge in [0.2, 0.25) is 0 Å². The van der Waals surface area contributed by atoms with Gasteiger partial charge in [0.1, 0.15) is 5.69 Å². The average Bonchev–Trinajstić information content (AvgIpc) is 3.18. The van der Waals surface area contributed by atoms with E-state index in [0.717, 1.165) is 28.2 Å². The number of hydrogen-bond acceptors (Lipinski definition) is 5. The number of anilines is 1. The van der Waals surface area contributed by atoms with Crippen LogP contribution in [0.2, 0.25) is 0 Å². The zero-order chi connectivity index (χ0) is 16.5. The Kier molecular flexibility index (Phi) is 3.87. The largest absolute Gasteiger partial charge is 0.375 e.